The summed E-state index contributed by atoms with van der Waals surface area (Å²) >= 11 is 6.30. The van der Waals surface area contributed by atoms with Crippen LogP contribution in [0, 0.1) is 0 Å². The number of carbonyl (C=O) groups is 2. The van der Waals surface area contributed by atoms with Gasteiger partial charge in [0.25, 0.3) is 0 Å². The molecule has 7 nitrogen and oxygen atoms in total. The molecule has 30 heavy (non-hydrogen) atoms. The van der Waals surface area contributed by atoms with Crippen LogP contribution in [0.2, 0.25) is 5.02 Å². The van der Waals surface area contributed by atoms with Crippen molar-refractivity contribution in [3.05, 3.63) is 39.8 Å². The Morgan fingerprint density at radius 3 is 2.27 bits per heavy atom. The van der Waals surface area contributed by atoms with Crippen LogP contribution >= 0.6 is 11.6 Å². The maximum Gasteiger partial charge on any atom is 0.492 e. The molecule has 1 fully saturated rings. The zero-order chi connectivity index (χ0) is 22.9. The zero-order valence-electron chi connectivity index (χ0n) is 18.5. The molecule has 0 radical (unpaired) electrons. The first-order valence-electron chi connectivity index (χ1n) is 9.68. The standard InChI is InChI=1S/C21H29BClNO6/c1-19(2,3)28-18(27)24-12-14(22-29-20(4,5)21(6,7)30-22)11-13-9-8-10-15(16(13)23)17(25)26/h8-11H,12H2,1-7H3,(H,24,27)(H,25,26). The van der Waals surface area contributed by atoms with Crippen molar-refractivity contribution in [1.82, 2.24) is 5.32 Å². The summed E-state index contributed by atoms with van der Waals surface area (Å²) in [5, 5.41) is 12.1. The Bertz CT molecular complexity index is 844. The third-order valence-electron chi connectivity index (χ3n) is 4.99. The molecular formula is C21H29BClNO6. The third kappa shape index (κ3) is 5.77. The van der Waals surface area contributed by atoms with Crippen molar-refractivity contribution < 1.29 is 28.7 Å². The molecule has 1 aromatic rings. The van der Waals surface area contributed by atoms with Crippen molar-refractivity contribution in [3.63, 3.8) is 0 Å². The van der Waals surface area contributed by atoms with Gasteiger partial charge in [-0.25, -0.2) is 9.59 Å². The largest absolute Gasteiger partial charge is 0.492 e. The molecule has 1 aromatic carbocycles. The number of amides is 1. The number of carboxylic acid groups (broad SMARTS) is 1. The molecule has 1 heterocycles. The maximum atomic E-state index is 12.1. The second-order valence-electron chi connectivity index (χ2n) is 9.18. The fraction of sp³-hybridized carbons (Fsp3) is 0.524. The molecule has 1 aliphatic heterocycles. The maximum absolute atomic E-state index is 12.1. The van der Waals surface area contributed by atoms with Gasteiger partial charge >= 0.3 is 19.2 Å². The van der Waals surface area contributed by atoms with Crippen LogP contribution in [0.1, 0.15) is 64.4 Å². The van der Waals surface area contributed by atoms with E-state index in [0.717, 1.165) is 0 Å². The Morgan fingerprint density at radius 2 is 1.77 bits per heavy atom. The average molecular weight is 438 g/mol. The van der Waals surface area contributed by atoms with Gasteiger partial charge in [0.05, 0.1) is 21.8 Å². The number of rotatable bonds is 5. The molecule has 0 atom stereocenters. The molecule has 2 rings (SSSR count). The molecule has 1 amide bonds. The number of hydrogen-bond donors (Lipinski definition) is 2. The molecule has 2 N–H and O–H groups in total. The van der Waals surface area contributed by atoms with E-state index in [-0.39, 0.29) is 17.1 Å². The highest BCUT2D eigenvalue weighted by Gasteiger charge is 2.52. The molecule has 0 bridgehead atoms. The SMILES string of the molecule is CC(C)(C)OC(=O)NCC(=Cc1cccc(C(=O)O)c1Cl)B1OC(C)(C)C(C)(C)O1. The van der Waals surface area contributed by atoms with Crippen LogP contribution in [0.25, 0.3) is 6.08 Å². The summed E-state index contributed by atoms with van der Waals surface area (Å²) in [4.78, 5) is 23.6. The van der Waals surface area contributed by atoms with E-state index in [9.17, 15) is 14.7 Å². The lowest BCUT2D eigenvalue weighted by molar-refractivity contribution is 0.00578. The van der Waals surface area contributed by atoms with Crippen molar-refractivity contribution in [2.45, 2.75) is 65.3 Å². The fourth-order valence-electron chi connectivity index (χ4n) is 2.71. The lowest BCUT2D eigenvalue weighted by atomic mass is 9.77. The van der Waals surface area contributed by atoms with Gasteiger partial charge in [0.1, 0.15) is 5.60 Å². The Kier molecular flexibility index (Phi) is 6.96. The summed E-state index contributed by atoms with van der Waals surface area (Å²) in [6.45, 7) is 13.1. The lowest BCUT2D eigenvalue weighted by Crippen LogP contribution is -2.41. The second kappa shape index (κ2) is 8.61. The number of hydrogen-bond acceptors (Lipinski definition) is 5. The van der Waals surface area contributed by atoms with Gasteiger partial charge in [-0.1, -0.05) is 29.8 Å². The molecule has 164 valence electrons. The lowest BCUT2D eigenvalue weighted by Gasteiger charge is -2.32. The summed E-state index contributed by atoms with van der Waals surface area (Å²) < 4.78 is 17.5. The minimum absolute atomic E-state index is 0.0150. The van der Waals surface area contributed by atoms with E-state index >= 15 is 0 Å². The number of halogens is 1. The number of nitrogens with one attached hydrogen (secondary N) is 1. The van der Waals surface area contributed by atoms with E-state index in [0.29, 0.717) is 11.0 Å². The molecule has 0 aliphatic carbocycles. The van der Waals surface area contributed by atoms with Crippen LogP contribution in [0.5, 0.6) is 0 Å². The van der Waals surface area contributed by atoms with Crippen molar-refractivity contribution in [3.8, 4) is 0 Å². The van der Waals surface area contributed by atoms with Gasteiger partial charge in [0, 0.05) is 6.54 Å². The van der Waals surface area contributed by atoms with E-state index in [2.05, 4.69) is 5.32 Å². The Hall–Kier alpha value is -2.03. The van der Waals surface area contributed by atoms with Gasteiger partial charge in [-0.3, -0.25) is 0 Å². The van der Waals surface area contributed by atoms with Gasteiger partial charge < -0.3 is 24.5 Å². The summed E-state index contributed by atoms with van der Waals surface area (Å²) in [5.41, 5.74) is -0.780. The second-order valence-corrected chi connectivity index (χ2v) is 9.55. The summed E-state index contributed by atoms with van der Waals surface area (Å²) in [6, 6.07) is 4.72. The molecule has 0 unspecified atom stereocenters. The molecule has 0 aromatic heterocycles. The van der Waals surface area contributed by atoms with E-state index in [1.54, 1.807) is 39.0 Å². The van der Waals surface area contributed by atoms with E-state index in [1.807, 2.05) is 27.7 Å². The van der Waals surface area contributed by atoms with E-state index in [4.69, 9.17) is 25.6 Å². The van der Waals surface area contributed by atoms with Crippen LogP contribution in [0.3, 0.4) is 0 Å². The van der Waals surface area contributed by atoms with Crippen LogP contribution in [0.4, 0.5) is 4.79 Å². The number of aromatic carboxylic acids is 1. The first-order valence-corrected chi connectivity index (χ1v) is 10.1. The quantitative estimate of drug-likeness (QED) is 0.655. The van der Waals surface area contributed by atoms with Gasteiger partial charge in [0.15, 0.2) is 0 Å². The summed E-state index contributed by atoms with van der Waals surface area (Å²) in [7, 11) is -0.755. The van der Waals surface area contributed by atoms with E-state index in [1.165, 1.54) is 6.07 Å². The zero-order valence-corrected chi connectivity index (χ0v) is 19.2. The van der Waals surface area contributed by atoms with Crippen molar-refractivity contribution in [1.29, 1.82) is 0 Å². The molecule has 1 saturated heterocycles. The highest BCUT2D eigenvalue weighted by atomic mass is 35.5. The first-order chi connectivity index (χ1) is 13.6. The van der Waals surface area contributed by atoms with Gasteiger partial charge in [0.2, 0.25) is 0 Å². The molecule has 0 saturated carbocycles. The molecule has 1 aliphatic rings. The Morgan fingerprint density at radius 1 is 1.20 bits per heavy atom. The molecule has 9 heteroatoms. The molecular weight excluding hydrogens is 408 g/mol. The number of alkyl carbamates (subject to hydrolysis) is 1. The van der Waals surface area contributed by atoms with Crippen molar-refractivity contribution in [2.24, 2.45) is 0 Å². The van der Waals surface area contributed by atoms with Crippen molar-refractivity contribution in [2.75, 3.05) is 6.54 Å². The van der Waals surface area contributed by atoms with Crippen LogP contribution in [0.15, 0.2) is 23.7 Å². The number of carboxylic acids is 1. The van der Waals surface area contributed by atoms with Gasteiger partial charge in [-0.15, -0.1) is 0 Å². The number of carbonyl (C=O) groups excluding carboxylic acids is 1. The first kappa shape index (κ1) is 24.2. The average Bonchev–Trinajstić information content (AvgIpc) is 2.78. The highest BCUT2D eigenvalue weighted by molar-refractivity contribution is 6.56. The summed E-state index contributed by atoms with van der Waals surface area (Å²) in [5.74, 6) is -1.13. The Labute approximate surface area is 182 Å². The third-order valence-corrected chi connectivity index (χ3v) is 5.41. The van der Waals surface area contributed by atoms with Crippen LogP contribution in [-0.4, -0.2) is 47.6 Å². The topological polar surface area (TPSA) is 94.1 Å². The number of ether oxygens (including phenoxy) is 1. The van der Waals surface area contributed by atoms with Gasteiger partial charge in [-0.05, 0) is 65.6 Å². The highest BCUT2D eigenvalue weighted by Crippen LogP contribution is 2.39. The van der Waals surface area contributed by atoms with Crippen LogP contribution < -0.4 is 5.32 Å². The minimum Gasteiger partial charge on any atom is -0.478 e. The smallest absolute Gasteiger partial charge is 0.478 e. The molecule has 0 spiro atoms. The monoisotopic (exact) mass is 437 g/mol. The van der Waals surface area contributed by atoms with Crippen LogP contribution in [-0.2, 0) is 14.0 Å². The normalized spacial score (nSPS) is 18.3. The van der Waals surface area contributed by atoms with Gasteiger partial charge in [-0.2, -0.15) is 0 Å². The predicted octanol–water partition coefficient (Wildman–Crippen LogP) is 4.58. The minimum atomic E-state index is -1.13. The summed E-state index contributed by atoms with van der Waals surface area (Å²) in [6.07, 6.45) is 1.09. The Balaban J connectivity index is 2.37. The number of benzene rings is 1. The fourth-order valence-corrected chi connectivity index (χ4v) is 2.97. The predicted molar refractivity (Wildman–Crippen MR) is 117 cm³/mol. The van der Waals surface area contributed by atoms with Crippen molar-refractivity contribution >= 4 is 36.9 Å². The van der Waals surface area contributed by atoms with E-state index < -0.39 is 36.0 Å².